The molecule has 2 aromatic carbocycles. The van der Waals surface area contributed by atoms with E-state index in [4.69, 9.17) is 19.3 Å². The number of carbonyl (C=O) groups excluding carboxylic acids is 1. The number of aromatic nitrogens is 4. The lowest BCUT2D eigenvalue weighted by molar-refractivity contribution is -0.144. The van der Waals surface area contributed by atoms with Crippen molar-refractivity contribution in [2.24, 2.45) is 5.14 Å². The van der Waals surface area contributed by atoms with Crippen LogP contribution in [0.1, 0.15) is 11.3 Å². The van der Waals surface area contributed by atoms with Crippen LogP contribution in [0.25, 0.3) is 10.2 Å². The minimum absolute atomic E-state index is 0.00901. The number of nitrogens with one attached hydrogen (secondary N) is 1. The van der Waals surface area contributed by atoms with E-state index in [-0.39, 0.29) is 37.3 Å². The SMILES string of the molecule is NS(=O)(=O)c1nc2cc(OCc3cn(CC(=O)NC(COCc4cccc(OCCF)c4)C(=O)O)nn3)ccc2s1. The molecule has 1 atom stereocenters. The number of halogens is 1. The van der Waals surface area contributed by atoms with E-state index in [1.165, 1.54) is 10.9 Å². The Bertz CT molecular complexity index is 1630. The highest BCUT2D eigenvalue weighted by Crippen LogP contribution is 2.28. The summed E-state index contributed by atoms with van der Waals surface area (Å²) in [6.07, 6.45) is 1.46. The number of primary sulfonamides is 1. The van der Waals surface area contributed by atoms with E-state index < -0.39 is 34.6 Å². The fourth-order valence-electron chi connectivity index (χ4n) is 3.47. The summed E-state index contributed by atoms with van der Waals surface area (Å²) >= 11 is 0.945. The number of carbonyl (C=O) groups is 2. The summed E-state index contributed by atoms with van der Waals surface area (Å²) in [5, 5.41) is 24.8. The molecule has 41 heavy (non-hydrogen) atoms. The Morgan fingerprint density at radius 2 is 1.95 bits per heavy atom. The molecule has 0 bridgehead atoms. The van der Waals surface area contributed by atoms with Gasteiger partial charge in [-0.3, -0.25) is 4.79 Å². The number of sulfonamides is 1. The quantitative estimate of drug-likeness (QED) is 0.176. The highest BCUT2D eigenvalue weighted by molar-refractivity contribution is 7.91. The van der Waals surface area contributed by atoms with Gasteiger partial charge in [-0.1, -0.05) is 17.3 Å². The third-order valence-corrected chi connectivity index (χ3v) is 7.65. The smallest absolute Gasteiger partial charge is 0.328 e. The van der Waals surface area contributed by atoms with E-state index in [9.17, 15) is 27.5 Å². The van der Waals surface area contributed by atoms with Crippen LogP contribution >= 0.6 is 11.3 Å². The number of alkyl halides is 1. The Kier molecular flexibility index (Phi) is 9.77. The first-order valence-corrected chi connectivity index (χ1v) is 14.3. The van der Waals surface area contributed by atoms with Gasteiger partial charge in [-0.05, 0) is 29.8 Å². The highest BCUT2D eigenvalue weighted by Gasteiger charge is 2.21. The molecular weight excluding hydrogens is 583 g/mol. The molecule has 2 aromatic heterocycles. The molecule has 0 radical (unpaired) electrons. The molecule has 4 aromatic rings. The number of aliphatic carboxylic acids is 1. The van der Waals surface area contributed by atoms with Gasteiger partial charge in [-0.15, -0.1) is 16.4 Å². The zero-order valence-electron chi connectivity index (χ0n) is 21.3. The summed E-state index contributed by atoms with van der Waals surface area (Å²) in [4.78, 5) is 28.1. The number of carboxylic acid groups (broad SMARTS) is 1. The topological polar surface area (TPSA) is 198 Å². The summed E-state index contributed by atoms with van der Waals surface area (Å²) in [6.45, 7) is -1.25. The molecule has 0 spiro atoms. The first-order valence-electron chi connectivity index (χ1n) is 11.9. The molecule has 2 heterocycles. The van der Waals surface area contributed by atoms with Crippen molar-refractivity contribution in [1.29, 1.82) is 0 Å². The number of nitrogens with two attached hydrogens (primary N) is 1. The highest BCUT2D eigenvalue weighted by atomic mass is 32.2. The fraction of sp³-hybridized carbons (Fsp3) is 0.292. The number of hydrogen-bond acceptors (Lipinski definition) is 11. The summed E-state index contributed by atoms with van der Waals surface area (Å²) in [7, 11) is -3.91. The van der Waals surface area contributed by atoms with Crippen LogP contribution in [0.4, 0.5) is 4.39 Å². The second-order valence-electron chi connectivity index (χ2n) is 8.51. The number of fused-ring (bicyclic) bond motifs is 1. The molecule has 0 aliphatic rings. The number of benzene rings is 2. The number of amides is 1. The zero-order chi connectivity index (χ0) is 29.4. The fourth-order valence-corrected chi connectivity index (χ4v) is 5.11. The van der Waals surface area contributed by atoms with Crippen LogP contribution in [0.15, 0.2) is 53.0 Å². The molecule has 218 valence electrons. The Morgan fingerprint density at radius 3 is 2.71 bits per heavy atom. The average molecular weight is 609 g/mol. The van der Waals surface area contributed by atoms with Gasteiger partial charge >= 0.3 is 5.97 Å². The van der Waals surface area contributed by atoms with Crippen LogP contribution in [0.3, 0.4) is 0 Å². The molecule has 0 fully saturated rings. The van der Waals surface area contributed by atoms with Crippen molar-refractivity contribution in [2.45, 2.75) is 30.1 Å². The van der Waals surface area contributed by atoms with Crippen LogP contribution in [0, 0.1) is 0 Å². The Labute approximate surface area is 236 Å². The third kappa shape index (κ3) is 8.65. The minimum atomic E-state index is -3.91. The van der Waals surface area contributed by atoms with Gasteiger partial charge in [-0.25, -0.2) is 32.4 Å². The molecule has 0 aliphatic carbocycles. The number of ether oxygens (including phenoxy) is 3. The van der Waals surface area contributed by atoms with E-state index in [2.05, 4.69) is 20.6 Å². The summed E-state index contributed by atoms with van der Waals surface area (Å²) in [5.41, 5.74) is 1.48. The minimum Gasteiger partial charge on any atom is -0.491 e. The lowest BCUT2D eigenvalue weighted by Gasteiger charge is -2.15. The number of carboxylic acids is 1. The van der Waals surface area contributed by atoms with Gasteiger partial charge < -0.3 is 24.6 Å². The molecule has 0 saturated heterocycles. The van der Waals surface area contributed by atoms with Gasteiger partial charge in [0.2, 0.25) is 10.2 Å². The van der Waals surface area contributed by atoms with Gasteiger partial charge in [0, 0.05) is 6.07 Å². The van der Waals surface area contributed by atoms with Crippen molar-refractivity contribution < 1.29 is 41.7 Å². The van der Waals surface area contributed by atoms with Crippen LogP contribution < -0.4 is 19.9 Å². The lowest BCUT2D eigenvalue weighted by Crippen LogP contribution is -2.45. The molecule has 0 aliphatic heterocycles. The van der Waals surface area contributed by atoms with Crippen molar-refractivity contribution in [1.82, 2.24) is 25.3 Å². The average Bonchev–Trinajstić information content (AvgIpc) is 3.57. The molecule has 17 heteroatoms. The maximum Gasteiger partial charge on any atom is 0.328 e. The second kappa shape index (κ2) is 13.4. The summed E-state index contributed by atoms with van der Waals surface area (Å²) < 4.78 is 53.3. The van der Waals surface area contributed by atoms with Crippen molar-refractivity contribution in [3.05, 3.63) is 59.9 Å². The lowest BCUT2D eigenvalue weighted by atomic mass is 10.2. The number of hydrogen-bond donors (Lipinski definition) is 3. The van der Waals surface area contributed by atoms with Crippen molar-refractivity contribution >= 4 is 43.5 Å². The molecule has 0 saturated carbocycles. The van der Waals surface area contributed by atoms with Crippen LogP contribution in [0.5, 0.6) is 11.5 Å². The Hall–Kier alpha value is -4.19. The molecule has 1 unspecified atom stereocenters. The van der Waals surface area contributed by atoms with Crippen molar-refractivity contribution in [3.8, 4) is 11.5 Å². The molecule has 1 amide bonds. The predicted octanol–water partition coefficient (Wildman–Crippen LogP) is 1.25. The summed E-state index contributed by atoms with van der Waals surface area (Å²) in [5.74, 6) is -1.04. The van der Waals surface area contributed by atoms with E-state index in [0.717, 1.165) is 11.3 Å². The standard InChI is InChI=1S/C24H25FN6O8S2/c25-6-7-38-17-3-1-2-15(8-17)12-37-14-20(23(33)34)27-22(32)11-31-10-16(29-30-31)13-39-18-4-5-21-19(9-18)28-24(40-21)41(26,35)36/h1-5,8-10,20H,6-7,11-14H2,(H,27,32)(H,33,34)(H2,26,35,36). The maximum atomic E-state index is 12.4. The first-order chi connectivity index (χ1) is 19.6. The van der Waals surface area contributed by atoms with E-state index in [1.54, 1.807) is 42.5 Å². The van der Waals surface area contributed by atoms with Crippen molar-refractivity contribution in [3.63, 3.8) is 0 Å². The first kappa shape index (κ1) is 29.8. The number of nitrogens with zero attached hydrogens (tertiary/aromatic N) is 4. The molecule has 4 N–H and O–H groups in total. The number of rotatable bonds is 15. The van der Waals surface area contributed by atoms with Gasteiger partial charge in [0.1, 0.15) is 43.6 Å². The van der Waals surface area contributed by atoms with Gasteiger partial charge in [0.25, 0.3) is 10.0 Å². The predicted molar refractivity (Wildman–Crippen MR) is 142 cm³/mol. The van der Waals surface area contributed by atoms with E-state index in [1.807, 2.05) is 0 Å². The van der Waals surface area contributed by atoms with Crippen LogP contribution in [-0.2, 0) is 44.1 Å². The zero-order valence-corrected chi connectivity index (χ0v) is 22.9. The summed E-state index contributed by atoms with van der Waals surface area (Å²) in [6, 6.07) is 10.3. The van der Waals surface area contributed by atoms with Gasteiger partial charge in [0.05, 0.1) is 29.6 Å². The normalized spacial score (nSPS) is 12.2. The monoisotopic (exact) mass is 608 g/mol. The maximum absolute atomic E-state index is 12.4. The van der Waals surface area contributed by atoms with Gasteiger partial charge in [0.15, 0.2) is 6.04 Å². The third-order valence-electron chi connectivity index (χ3n) is 5.29. The van der Waals surface area contributed by atoms with E-state index in [0.29, 0.717) is 33.0 Å². The second-order valence-corrected chi connectivity index (χ2v) is 11.3. The van der Waals surface area contributed by atoms with Crippen LogP contribution in [0.2, 0.25) is 0 Å². The largest absolute Gasteiger partial charge is 0.491 e. The Balaban J connectivity index is 1.25. The molecular formula is C24H25FN6O8S2. The van der Waals surface area contributed by atoms with Crippen molar-refractivity contribution in [2.75, 3.05) is 19.9 Å². The molecule has 4 rings (SSSR count). The Morgan fingerprint density at radius 1 is 1.15 bits per heavy atom. The number of thiazole rings is 1. The van der Waals surface area contributed by atoms with E-state index >= 15 is 0 Å². The van der Waals surface area contributed by atoms with Crippen LogP contribution in [-0.4, -0.2) is 71.3 Å². The molecule has 14 nitrogen and oxygen atoms in total. The van der Waals surface area contributed by atoms with Gasteiger partial charge in [-0.2, -0.15) is 0 Å².